The van der Waals surface area contributed by atoms with Crippen molar-refractivity contribution in [1.82, 2.24) is 4.98 Å². The average molecular weight is 266 g/mol. The third-order valence-corrected chi connectivity index (χ3v) is 3.31. The number of nitrogens with one attached hydrogen (secondary N) is 1. The highest BCUT2D eigenvalue weighted by Crippen LogP contribution is 2.20. The van der Waals surface area contributed by atoms with Gasteiger partial charge in [0.2, 0.25) is 0 Å². The van der Waals surface area contributed by atoms with Crippen molar-refractivity contribution >= 4 is 16.7 Å². The maximum Gasteiger partial charge on any atom is 0.127 e. The fourth-order valence-electron chi connectivity index (χ4n) is 2.23. The number of pyridine rings is 1. The summed E-state index contributed by atoms with van der Waals surface area (Å²) in [5.74, 6) is 0.572. The first-order chi connectivity index (χ1) is 9.72. The number of benzene rings is 2. The van der Waals surface area contributed by atoms with Crippen molar-refractivity contribution in [3.05, 3.63) is 72.0 Å². The summed E-state index contributed by atoms with van der Waals surface area (Å²) in [6, 6.07) is 18.6. The van der Waals surface area contributed by atoms with E-state index in [1.54, 1.807) is 12.1 Å². The molecule has 1 aromatic heterocycles. The van der Waals surface area contributed by atoms with Gasteiger partial charge < -0.3 is 5.32 Å². The topological polar surface area (TPSA) is 24.9 Å². The Morgan fingerprint density at radius 1 is 1.00 bits per heavy atom. The summed E-state index contributed by atoms with van der Waals surface area (Å²) >= 11 is 0. The van der Waals surface area contributed by atoms with Crippen LogP contribution in [-0.2, 0) is 0 Å². The lowest BCUT2D eigenvalue weighted by molar-refractivity contribution is 0.623. The summed E-state index contributed by atoms with van der Waals surface area (Å²) in [5, 5.41) is 4.41. The summed E-state index contributed by atoms with van der Waals surface area (Å²) in [4.78, 5) is 4.56. The molecular formula is C17H15FN2. The van der Waals surface area contributed by atoms with Crippen molar-refractivity contribution in [3.8, 4) is 0 Å². The van der Waals surface area contributed by atoms with Crippen LogP contribution in [0.5, 0.6) is 0 Å². The molecule has 20 heavy (non-hydrogen) atoms. The number of fused-ring (bicyclic) bond motifs is 1. The molecule has 1 N–H and O–H groups in total. The lowest BCUT2D eigenvalue weighted by atomic mass is 10.1. The van der Waals surface area contributed by atoms with Crippen molar-refractivity contribution in [2.45, 2.75) is 13.0 Å². The van der Waals surface area contributed by atoms with Crippen LogP contribution in [0.15, 0.2) is 60.7 Å². The molecule has 3 aromatic rings. The molecular weight excluding hydrogens is 251 g/mol. The molecule has 1 heterocycles. The molecule has 0 spiro atoms. The van der Waals surface area contributed by atoms with E-state index in [2.05, 4.69) is 10.3 Å². The van der Waals surface area contributed by atoms with E-state index in [9.17, 15) is 4.39 Å². The Morgan fingerprint density at radius 3 is 2.70 bits per heavy atom. The van der Waals surface area contributed by atoms with Crippen LogP contribution in [0.4, 0.5) is 10.2 Å². The molecule has 0 amide bonds. The summed E-state index contributed by atoms with van der Waals surface area (Å²) < 4.78 is 13.2. The van der Waals surface area contributed by atoms with Gasteiger partial charge in [-0.05, 0) is 42.8 Å². The fraction of sp³-hybridized carbons (Fsp3) is 0.118. The van der Waals surface area contributed by atoms with E-state index in [0.29, 0.717) is 0 Å². The van der Waals surface area contributed by atoms with E-state index >= 15 is 0 Å². The van der Waals surface area contributed by atoms with Gasteiger partial charge in [-0.2, -0.15) is 0 Å². The second kappa shape index (κ2) is 5.29. The third-order valence-electron chi connectivity index (χ3n) is 3.31. The molecule has 3 heteroatoms. The summed E-state index contributed by atoms with van der Waals surface area (Å²) in [6.45, 7) is 1.99. The van der Waals surface area contributed by atoms with Gasteiger partial charge in [0.25, 0.3) is 0 Å². The Kier molecular flexibility index (Phi) is 3.33. The molecule has 0 aliphatic rings. The number of aromatic nitrogens is 1. The maximum atomic E-state index is 13.2. The normalized spacial score (nSPS) is 12.3. The highest BCUT2D eigenvalue weighted by Gasteiger charge is 2.07. The standard InChI is InChI=1S/C17H15FN2/c1-12(14-6-4-7-15(18)11-14)19-17-10-9-13-5-2-3-8-16(13)20-17/h2-12H,1H3,(H,19,20). The van der Waals surface area contributed by atoms with Crippen LogP contribution in [0.25, 0.3) is 10.9 Å². The maximum absolute atomic E-state index is 13.2. The highest BCUT2D eigenvalue weighted by atomic mass is 19.1. The number of rotatable bonds is 3. The van der Waals surface area contributed by atoms with Crippen molar-refractivity contribution in [1.29, 1.82) is 0 Å². The van der Waals surface area contributed by atoms with E-state index in [-0.39, 0.29) is 11.9 Å². The Morgan fingerprint density at radius 2 is 1.85 bits per heavy atom. The van der Waals surface area contributed by atoms with Crippen LogP contribution < -0.4 is 5.32 Å². The first-order valence-corrected chi connectivity index (χ1v) is 6.60. The number of halogens is 1. The van der Waals surface area contributed by atoms with Crippen molar-refractivity contribution in [3.63, 3.8) is 0 Å². The minimum atomic E-state index is -0.220. The second-order valence-electron chi connectivity index (χ2n) is 4.81. The number of para-hydroxylation sites is 1. The molecule has 100 valence electrons. The zero-order valence-electron chi connectivity index (χ0n) is 11.2. The van der Waals surface area contributed by atoms with Crippen LogP contribution in [0.2, 0.25) is 0 Å². The smallest absolute Gasteiger partial charge is 0.127 e. The molecule has 0 aliphatic heterocycles. The molecule has 1 unspecified atom stereocenters. The first kappa shape index (κ1) is 12.6. The van der Waals surface area contributed by atoms with Crippen molar-refractivity contribution in [2.75, 3.05) is 5.32 Å². The average Bonchev–Trinajstić information content (AvgIpc) is 2.47. The molecule has 0 radical (unpaired) electrons. The Bertz CT molecular complexity index is 740. The molecule has 0 saturated carbocycles. The van der Waals surface area contributed by atoms with Gasteiger partial charge in [0, 0.05) is 5.39 Å². The van der Waals surface area contributed by atoms with Crippen molar-refractivity contribution in [2.24, 2.45) is 0 Å². The fourth-order valence-corrected chi connectivity index (χ4v) is 2.23. The van der Waals surface area contributed by atoms with Gasteiger partial charge in [0.1, 0.15) is 11.6 Å². The molecule has 0 aliphatic carbocycles. The van der Waals surface area contributed by atoms with Crippen molar-refractivity contribution < 1.29 is 4.39 Å². The molecule has 0 bridgehead atoms. The van der Waals surface area contributed by atoms with E-state index in [1.807, 2.05) is 49.4 Å². The summed E-state index contributed by atoms with van der Waals surface area (Å²) in [6.07, 6.45) is 0. The van der Waals surface area contributed by atoms with Gasteiger partial charge in [0.05, 0.1) is 11.6 Å². The monoisotopic (exact) mass is 266 g/mol. The summed E-state index contributed by atoms with van der Waals surface area (Å²) in [5.41, 5.74) is 1.85. The summed E-state index contributed by atoms with van der Waals surface area (Å²) in [7, 11) is 0. The predicted octanol–water partition coefficient (Wildman–Crippen LogP) is 4.55. The van der Waals surface area contributed by atoms with E-state index in [1.165, 1.54) is 6.07 Å². The quantitative estimate of drug-likeness (QED) is 0.752. The molecule has 0 fully saturated rings. The van der Waals surface area contributed by atoms with Gasteiger partial charge in [-0.15, -0.1) is 0 Å². The predicted molar refractivity (Wildman–Crippen MR) is 80.2 cm³/mol. The van der Waals surface area contributed by atoms with E-state index < -0.39 is 0 Å². The molecule has 0 saturated heterocycles. The number of hydrogen-bond donors (Lipinski definition) is 1. The molecule has 3 rings (SSSR count). The number of anilines is 1. The minimum absolute atomic E-state index is 0.000591. The molecule has 2 aromatic carbocycles. The van der Waals surface area contributed by atoms with Gasteiger partial charge in [-0.3, -0.25) is 0 Å². The second-order valence-corrected chi connectivity index (χ2v) is 4.81. The molecule has 1 atom stereocenters. The Balaban J connectivity index is 1.85. The van der Waals surface area contributed by atoms with E-state index in [0.717, 1.165) is 22.3 Å². The largest absolute Gasteiger partial charge is 0.364 e. The zero-order chi connectivity index (χ0) is 13.9. The van der Waals surface area contributed by atoms with Gasteiger partial charge in [-0.25, -0.2) is 9.37 Å². The SMILES string of the molecule is CC(Nc1ccc2ccccc2n1)c1cccc(F)c1. The minimum Gasteiger partial charge on any atom is -0.364 e. The Labute approximate surface area is 117 Å². The lowest BCUT2D eigenvalue weighted by Gasteiger charge is -2.15. The van der Waals surface area contributed by atoms with Crippen LogP contribution >= 0.6 is 0 Å². The third kappa shape index (κ3) is 2.62. The number of nitrogens with zero attached hydrogens (tertiary/aromatic N) is 1. The molecule has 2 nitrogen and oxygen atoms in total. The van der Waals surface area contributed by atoms with Crippen LogP contribution in [0, 0.1) is 5.82 Å². The van der Waals surface area contributed by atoms with E-state index in [4.69, 9.17) is 0 Å². The van der Waals surface area contributed by atoms with Gasteiger partial charge >= 0.3 is 0 Å². The lowest BCUT2D eigenvalue weighted by Crippen LogP contribution is -2.08. The number of hydrogen-bond acceptors (Lipinski definition) is 2. The Hall–Kier alpha value is -2.42. The van der Waals surface area contributed by atoms with Gasteiger partial charge in [0.15, 0.2) is 0 Å². The van der Waals surface area contributed by atoms with Crippen LogP contribution in [-0.4, -0.2) is 4.98 Å². The van der Waals surface area contributed by atoms with Crippen LogP contribution in [0.3, 0.4) is 0 Å². The van der Waals surface area contributed by atoms with Crippen LogP contribution in [0.1, 0.15) is 18.5 Å². The first-order valence-electron chi connectivity index (χ1n) is 6.60. The highest BCUT2D eigenvalue weighted by molar-refractivity contribution is 5.80. The van der Waals surface area contributed by atoms with Gasteiger partial charge in [-0.1, -0.05) is 30.3 Å². The zero-order valence-corrected chi connectivity index (χ0v) is 11.2.